The minimum absolute atomic E-state index is 0.299. The maximum absolute atomic E-state index is 11.9. The number of carbonyl (C=O) groups excluding carboxylic acids is 1. The summed E-state index contributed by atoms with van der Waals surface area (Å²) in [7, 11) is 0. The van der Waals surface area contributed by atoms with Gasteiger partial charge >= 0.3 is 0 Å². The molecular weight excluding hydrogens is 305 g/mol. The van der Waals surface area contributed by atoms with Crippen LogP contribution in [0, 0.1) is 0 Å². The van der Waals surface area contributed by atoms with Gasteiger partial charge in [-0.3, -0.25) is 9.78 Å². The van der Waals surface area contributed by atoms with Crippen LogP contribution in [-0.2, 0) is 0 Å². The molecular formula is C11H7BrClN3O. The van der Waals surface area contributed by atoms with Crippen LogP contribution in [0.3, 0.4) is 0 Å². The molecule has 2 rings (SSSR count). The topological polar surface area (TPSA) is 54.9 Å². The second kappa shape index (κ2) is 5.25. The first-order valence-corrected chi connectivity index (χ1v) is 5.87. The Balaban J connectivity index is 2.24. The Morgan fingerprint density at radius 3 is 2.88 bits per heavy atom. The van der Waals surface area contributed by atoms with Crippen LogP contribution in [0.25, 0.3) is 0 Å². The molecule has 2 aromatic rings. The largest absolute Gasteiger partial charge is 0.318 e. The Morgan fingerprint density at radius 2 is 2.18 bits per heavy atom. The van der Waals surface area contributed by atoms with Crippen molar-refractivity contribution >= 4 is 39.1 Å². The number of aromatic nitrogens is 2. The van der Waals surface area contributed by atoms with E-state index in [2.05, 4.69) is 31.2 Å². The van der Waals surface area contributed by atoms with E-state index in [1.807, 2.05) is 0 Å². The Kier molecular flexibility index (Phi) is 3.71. The van der Waals surface area contributed by atoms with Gasteiger partial charge < -0.3 is 5.32 Å². The van der Waals surface area contributed by atoms with Crippen LogP contribution in [0.4, 0.5) is 5.69 Å². The van der Waals surface area contributed by atoms with Gasteiger partial charge in [-0.2, -0.15) is 0 Å². The van der Waals surface area contributed by atoms with Gasteiger partial charge in [0.2, 0.25) is 0 Å². The van der Waals surface area contributed by atoms with E-state index in [1.54, 1.807) is 30.6 Å². The van der Waals surface area contributed by atoms with Gasteiger partial charge in [0.15, 0.2) is 0 Å². The van der Waals surface area contributed by atoms with Crippen molar-refractivity contribution in [3.8, 4) is 0 Å². The third kappa shape index (κ3) is 2.81. The van der Waals surface area contributed by atoms with Crippen molar-refractivity contribution in [2.75, 3.05) is 5.32 Å². The molecule has 6 heteroatoms. The normalized spacial score (nSPS) is 10.0. The quantitative estimate of drug-likeness (QED) is 0.927. The lowest BCUT2D eigenvalue weighted by molar-refractivity contribution is 0.102. The molecule has 0 aliphatic carbocycles. The second-order valence-corrected chi connectivity index (χ2v) is 4.41. The highest BCUT2D eigenvalue weighted by atomic mass is 79.9. The van der Waals surface area contributed by atoms with Crippen LogP contribution in [0.2, 0.25) is 5.02 Å². The summed E-state index contributed by atoms with van der Waals surface area (Å²) in [6.07, 6.45) is 4.58. The molecule has 0 saturated carbocycles. The number of nitrogens with zero attached hydrogens (tertiary/aromatic N) is 2. The number of carbonyl (C=O) groups is 1. The number of amides is 1. The third-order valence-electron chi connectivity index (χ3n) is 1.99. The van der Waals surface area contributed by atoms with E-state index >= 15 is 0 Å². The number of rotatable bonds is 2. The summed E-state index contributed by atoms with van der Waals surface area (Å²) in [5, 5.41) is 3.07. The van der Waals surface area contributed by atoms with Crippen molar-refractivity contribution in [2.24, 2.45) is 0 Å². The molecule has 0 spiro atoms. The SMILES string of the molecule is O=C(Nc1cnccc1Cl)c1ncccc1Br. The number of pyridine rings is 2. The zero-order chi connectivity index (χ0) is 12.3. The second-order valence-electron chi connectivity index (χ2n) is 3.14. The van der Waals surface area contributed by atoms with E-state index in [0.29, 0.717) is 20.9 Å². The van der Waals surface area contributed by atoms with Gasteiger partial charge in [0, 0.05) is 16.9 Å². The van der Waals surface area contributed by atoms with Crippen LogP contribution >= 0.6 is 27.5 Å². The van der Waals surface area contributed by atoms with Crippen molar-refractivity contribution in [1.82, 2.24) is 9.97 Å². The maximum Gasteiger partial charge on any atom is 0.275 e. The zero-order valence-electron chi connectivity index (χ0n) is 8.52. The molecule has 0 aromatic carbocycles. The van der Waals surface area contributed by atoms with Crippen molar-refractivity contribution in [3.63, 3.8) is 0 Å². The number of hydrogen-bond donors (Lipinski definition) is 1. The molecule has 0 aliphatic heterocycles. The van der Waals surface area contributed by atoms with Crippen LogP contribution in [0.5, 0.6) is 0 Å². The smallest absolute Gasteiger partial charge is 0.275 e. The predicted molar refractivity (Wildman–Crippen MR) is 69.1 cm³/mol. The third-order valence-corrected chi connectivity index (χ3v) is 2.96. The molecule has 0 fully saturated rings. The molecule has 17 heavy (non-hydrogen) atoms. The van der Waals surface area contributed by atoms with E-state index in [4.69, 9.17) is 11.6 Å². The molecule has 4 nitrogen and oxygen atoms in total. The minimum atomic E-state index is -0.340. The van der Waals surface area contributed by atoms with Gasteiger partial charge in [-0.1, -0.05) is 11.6 Å². The average molecular weight is 313 g/mol. The minimum Gasteiger partial charge on any atom is -0.318 e. The van der Waals surface area contributed by atoms with Gasteiger partial charge in [0.05, 0.1) is 16.9 Å². The molecule has 2 heterocycles. The summed E-state index contributed by atoms with van der Waals surface area (Å²) in [6.45, 7) is 0. The van der Waals surface area contributed by atoms with Gasteiger partial charge in [-0.25, -0.2) is 4.98 Å². The lowest BCUT2D eigenvalue weighted by Crippen LogP contribution is -2.14. The fourth-order valence-corrected chi connectivity index (χ4v) is 1.79. The van der Waals surface area contributed by atoms with Crippen molar-refractivity contribution in [3.05, 3.63) is 52.0 Å². The number of anilines is 1. The van der Waals surface area contributed by atoms with Gasteiger partial charge in [0.1, 0.15) is 5.69 Å². The van der Waals surface area contributed by atoms with Crippen LogP contribution in [0.1, 0.15) is 10.5 Å². The monoisotopic (exact) mass is 311 g/mol. The van der Waals surface area contributed by atoms with Crippen molar-refractivity contribution in [2.45, 2.75) is 0 Å². The average Bonchev–Trinajstić information content (AvgIpc) is 2.32. The molecule has 86 valence electrons. The number of nitrogens with one attached hydrogen (secondary N) is 1. The lowest BCUT2D eigenvalue weighted by atomic mass is 10.3. The molecule has 0 saturated heterocycles. The van der Waals surface area contributed by atoms with E-state index in [9.17, 15) is 4.79 Å². The molecule has 0 bridgehead atoms. The van der Waals surface area contributed by atoms with E-state index in [-0.39, 0.29) is 5.91 Å². The van der Waals surface area contributed by atoms with Gasteiger partial charge in [-0.15, -0.1) is 0 Å². The highest BCUT2D eigenvalue weighted by Crippen LogP contribution is 2.21. The molecule has 0 atom stereocenters. The Bertz CT molecular complexity index is 562. The Hall–Kier alpha value is -1.46. The summed E-state index contributed by atoms with van der Waals surface area (Å²) >= 11 is 9.17. The first kappa shape index (κ1) is 12.0. The van der Waals surface area contributed by atoms with E-state index < -0.39 is 0 Å². The molecule has 1 amide bonds. The van der Waals surface area contributed by atoms with Gasteiger partial charge in [0.25, 0.3) is 5.91 Å². The Labute approximate surface area is 111 Å². The Morgan fingerprint density at radius 1 is 1.35 bits per heavy atom. The van der Waals surface area contributed by atoms with Crippen molar-refractivity contribution < 1.29 is 4.79 Å². The fourth-order valence-electron chi connectivity index (χ4n) is 1.20. The standard InChI is InChI=1S/C11H7BrClN3O/c12-7-2-1-4-15-10(7)11(17)16-9-6-14-5-3-8(9)13/h1-6H,(H,16,17). The maximum atomic E-state index is 11.9. The summed E-state index contributed by atoms with van der Waals surface area (Å²) in [4.78, 5) is 19.8. The summed E-state index contributed by atoms with van der Waals surface area (Å²) in [6, 6.07) is 5.08. The summed E-state index contributed by atoms with van der Waals surface area (Å²) in [5.41, 5.74) is 0.754. The predicted octanol–water partition coefficient (Wildman–Crippen LogP) is 3.14. The highest BCUT2D eigenvalue weighted by molar-refractivity contribution is 9.10. The van der Waals surface area contributed by atoms with E-state index in [1.165, 1.54) is 6.20 Å². The molecule has 1 N–H and O–H groups in total. The summed E-state index contributed by atoms with van der Waals surface area (Å²) in [5.74, 6) is -0.340. The van der Waals surface area contributed by atoms with Gasteiger partial charge in [-0.05, 0) is 34.1 Å². The highest BCUT2D eigenvalue weighted by Gasteiger charge is 2.12. The molecule has 0 unspecified atom stereocenters. The first-order chi connectivity index (χ1) is 8.18. The lowest BCUT2D eigenvalue weighted by Gasteiger charge is -2.06. The summed E-state index contributed by atoms with van der Waals surface area (Å²) < 4.78 is 0.623. The molecule has 0 aliphatic rings. The van der Waals surface area contributed by atoms with E-state index in [0.717, 1.165) is 0 Å². The zero-order valence-corrected chi connectivity index (χ0v) is 10.9. The van der Waals surface area contributed by atoms with Crippen LogP contribution in [-0.4, -0.2) is 15.9 Å². The molecule has 0 radical (unpaired) electrons. The fraction of sp³-hybridized carbons (Fsp3) is 0. The molecule has 2 aromatic heterocycles. The number of hydrogen-bond acceptors (Lipinski definition) is 3. The van der Waals surface area contributed by atoms with Crippen LogP contribution < -0.4 is 5.32 Å². The first-order valence-electron chi connectivity index (χ1n) is 4.70. The number of halogens is 2. The van der Waals surface area contributed by atoms with Crippen molar-refractivity contribution in [1.29, 1.82) is 0 Å². The van der Waals surface area contributed by atoms with Crippen LogP contribution in [0.15, 0.2) is 41.3 Å².